The van der Waals surface area contributed by atoms with Crippen LogP contribution in [0.4, 0.5) is 9.59 Å². The van der Waals surface area contributed by atoms with Gasteiger partial charge in [0.05, 0.1) is 44.4 Å². The minimum absolute atomic E-state index is 0.0136. The first-order valence-corrected chi connectivity index (χ1v) is 11.2. The van der Waals surface area contributed by atoms with Crippen molar-refractivity contribution in [3.8, 4) is 0 Å². The number of imide groups is 1. The lowest BCUT2D eigenvalue weighted by Gasteiger charge is -2.26. The fourth-order valence-corrected chi connectivity index (χ4v) is 4.76. The van der Waals surface area contributed by atoms with Gasteiger partial charge < -0.3 is 9.32 Å². The highest BCUT2D eigenvalue weighted by molar-refractivity contribution is 7.88. The first-order chi connectivity index (χ1) is 13.8. The monoisotopic (exact) mass is 421 g/mol. The summed E-state index contributed by atoms with van der Waals surface area (Å²) in [5.41, 5.74) is 3.12. The van der Waals surface area contributed by atoms with Crippen molar-refractivity contribution in [2.45, 2.75) is 32.4 Å². The van der Waals surface area contributed by atoms with E-state index in [1.54, 1.807) is 12.1 Å². The van der Waals surface area contributed by atoms with Crippen LogP contribution >= 0.6 is 0 Å². The van der Waals surface area contributed by atoms with Crippen LogP contribution in [0.15, 0.2) is 22.8 Å². The second-order valence-electron chi connectivity index (χ2n) is 7.34. The number of sulfonamides is 1. The molecule has 1 aliphatic heterocycles. The molecule has 0 bridgehead atoms. The molecule has 0 aromatic carbocycles. The molecular formula is C18H23N5O5S. The Labute approximate surface area is 168 Å². The third-order valence-electron chi connectivity index (χ3n) is 5.34. The normalized spacial score (nSPS) is 16.6. The Balaban J connectivity index is 1.60. The maximum absolute atomic E-state index is 13.2. The van der Waals surface area contributed by atoms with E-state index < -0.39 is 22.1 Å². The van der Waals surface area contributed by atoms with Crippen molar-refractivity contribution in [2.75, 3.05) is 19.3 Å². The van der Waals surface area contributed by atoms with Gasteiger partial charge in [-0.2, -0.15) is 5.10 Å². The van der Waals surface area contributed by atoms with E-state index in [0.717, 1.165) is 41.7 Å². The number of furan rings is 1. The van der Waals surface area contributed by atoms with Crippen molar-refractivity contribution < 1.29 is 22.4 Å². The molecule has 1 saturated heterocycles. The van der Waals surface area contributed by atoms with E-state index in [-0.39, 0.29) is 26.2 Å². The lowest BCUT2D eigenvalue weighted by molar-refractivity contribution is 0.152. The summed E-state index contributed by atoms with van der Waals surface area (Å²) < 4.78 is 31.5. The van der Waals surface area contributed by atoms with Crippen molar-refractivity contribution in [3.05, 3.63) is 41.1 Å². The molecule has 11 heteroatoms. The number of fused-ring (bicyclic) bond motifs is 1. The van der Waals surface area contributed by atoms with Crippen LogP contribution in [0.25, 0.3) is 0 Å². The van der Waals surface area contributed by atoms with Crippen molar-refractivity contribution in [3.63, 3.8) is 0 Å². The molecule has 3 heterocycles. The van der Waals surface area contributed by atoms with Gasteiger partial charge in [0.1, 0.15) is 5.76 Å². The predicted octanol–water partition coefficient (Wildman–Crippen LogP) is 1.32. The van der Waals surface area contributed by atoms with Crippen LogP contribution < -0.4 is 0 Å². The molecule has 1 aliphatic carbocycles. The van der Waals surface area contributed by atoms with E-state index in [4.69, 9.17) is 4.42 Å². The summed E-state index contributed by atoms with van der Waals surface area (Å²) >= 11 is 0. The molecule has 0 saturated carbocycles. The van der Waals surface area contributed by atoms with E-state index in [2.05, 4.69) is 5.10 Å². The molecule has 2 aliphatic rings. The second kappa shape index (κ2) is 7.21. The molecule has 0 atom stereocenters. The Hall–Kier alpha value is -2.82. The number of carbonyl (C=O) groups excluding carboxylic acids is 2. The van der Waals surface area contributed by atoms with E-state index in [9.17, 15) is 18.0 Å². The lowest BCUT2D eigenvalue weighted by Crippen LogP contribution is -2.45. The van der Waals surface area contributed by atoms with Gasteiger partial charge in [-0.15, -0.1) is 0 Å². The van der Waals surface area contributed by atoms with Gasteiger partial charge in [-0.25, -0.2) is 27.2 Å². The van der Waals surface area contributed by atoms with Gasteiger partial charge in [0.2, 0.25) is 10.0 Å². The highest BCUT2D eigenvalue weighted by atomic mass is 32.2. The summed E-state index contributed by atoms with van der Waals surface area (Å²) in [5.74, 6) is 0.567. The summed E-state index contributed by atoms with van der Waals surface area (Å²) in [5, 5.41) is 4.57. The molecule has 10 nitrogen and oxygen atoms in total. The van der Waals surface area contributed by atoms with Crippen LogP contribution in [0, 0.1) is 0 Å². The van der Waals surface area contributed by atoms with Crippen molar-refractivity contribution >= 4 is 22.1 Å². The fraction of sp³-hybridized carbons (Fsp3) is 0.500. The van der Waals surface area contributed by atoms with Crippen molar-refractivity contribution in [1.29, 1.82) is 0 Å². The zero-order valence-corrected chi connectivity index (χ0v) is 17.2. The van der Waals surface area contributed by atoms with Gasteiger partial charge in [0.15, 0.2) is 0 Å². The van der Waals surface area contributed by atoms with Gasteiger partial charge in [-0.05, 0) is 37.0 Å². The summed E-state index contributed by atoms with van der Waals surface area (Å²) in [7, 11) is -1.83. The van der Waals surface area contributed by atoms with Crippen molar-refractivity contribution in [1.82, 2.24) is 23.9 Å². The van der Waals surface area contributed by atoms with Gasteiger partial charge in [-0.1, -0.05) is 0 Å². The highest BCUT2D eigenvalue weighted by Gasteiger charge is 2.40. The average molecular weight is 421 g/mol. The van der Waals surface area contributed by atoms with Gasteiger partial charge in [0.25, 0.3) is 0 Å². The molecule has 0 spiro atoms. The number of rotatable bonds is 5. The van der Waals surface area contributed by atoms with E-state index in [1.807, 2.05) is 11.7 Å². The Morgan fingerprint density at radius 1 is 1.28 bits per heavy atom. The Morgan fingerprint density at radius 2 is 2.07 bits per heavy atom. The maximum Gasteiger partial charge on any atom is 0.341 e. The van der Waals surface area contributed by atoms with Crippen LogP contribution in [0.2, 0.25) is 0 Å². The Bertz CT molecular complexity index is 1040. The zero-order valence-electron chi connectivity index (χ0n) is 16.4. The number of hydrogen-bond donors (Lipinski definition) is 0. The number of aryl methyl sites for hydroxylation is 1. The molecular weight excluding hydrogens is 398 g/mol. The standard InChI is InChI=1S/C18H23N5O5S/c1-20-16-7-3-6-14(16)15(19-20)12-21(11-13-5-4-10-28-13)17(24)22-8-9-23(18(22)25)29(2,26)27/h4-5,10H,3,6-9,11-12H2,1-2H3. The zero-order chi connectivity index (χ0) is 20.8. The molecule has 0 radical (unpaired) electrons. The number of aromatic nitrogens is 2. The maximum atomic E-state index is 13.2. The topological polar surface area (TPSA) is 109 Å². The number of urea groups is 2. The number of nitrogens with zero attached hydrogens (tertiary/aromatic N) is 5. The largest absolute Gasteiger partial charge is 0.467 e. The van der Waals surface area contributed by atoms with Gasteiger partial charge in [0, 0.05) is 12.7 Å². The van der Waals surface area contributed by atoms with Crippen LogP contribution in [-0.4, -0.2) is 63.7 Å². The Morgan fingerprint density at radius 3 is 2.72 bits per heavy atom. The first kappa shape index (κ1) is 19.5. The average Bonchev–Trinajstić information content (AvgIpc) is 3.41. The highest BCUT2D eigenvalue weighted by Crippen LogP contribution is 2.27. The van der Waals surface area contributed by atoms with Crippen LogP contribution in [-0.2, 0) is 43.0 Å². The number of hydrogen-bond acceptors (Lipinski definition) is 6. The molecule has 29 heavy (non-hydrogen) atoms. The van der Waals surface area contributed by atoms with Crippen LogP contribution in [0.5, 0.6) is 0 Å². The van der Waals surface area contributed by atoms with E-state index in [0.29, 0.717) is 10.1 Å². The lowest BCUT2D eigenvalue weighted by atomic mass is 10.2. The third-order valence-corrected chi connectivity index (χ3v) is 6.48. The predicted molar refractivity (Wildman–Crippen MR) is 102 cm³/mol. The molecule has 4 rings (SSSR count). The number of amides is 4. The molecule has 4 amide bonds. The van der Waals surface area contributed by atoms with Gasteiger partial charge in [-0.3, -0.25) is 4.68 Å². The summed E-state index contributed by atoms with van der Waals surface area (Å²) in [6.45, 7) is 0.335. The summed E-state index contributed by atoms with van der Waals surface area (Å²) in [4.78, 5) is 28.2. The smallest absolute Gasteiger partial charge is 0.341 e. The van der Waals surface area contributed by atoms with Crippen LogP contribution in [0.1, 0.15) is 29.1 Å². The SMILES string of the molecule is Cn1nc(CN(Cc2ccco2)C(=O)N2CCN(S(C)(=O)=O)C2=O)c2c1CCC2. The third kappa shape index (κ3) is 3.61. The molecule has 2 aromatic heterocycles. The van der Waals surface area contributed by atoms with E-state index >= 15 is 0 Å². The quantitative estimate of drug-likeness (QED) is 0.720. The molecule has 1 fully saturated rings. The molecule has 0 N–H and O–H groups in total. The Kier molecular flexibility index (Phi) is 4.85. The minimum Gasteiger partial charge on any atom is -0.467 e. The first-order valence-electron chi connectivity index (χ1n) is 9.40. The number of carbonyl (C=O) groups is 2. The summed E-state index contributed by atoms with van der Waals surface area (Å²) in [6, 6.07) is 2.09. The fourth-order valence-electron chi connectivity index (χ4n) is 3.96. The molecule has 2 aromatic rings. The molecule has 156 valence electrons. The van der Waals surface area contributed by atoms with Gasteiger partial charge >= 0.3 is 12.1 Å². The second-order valence-corrected chi connectivity index (χ2v) is 9.24. The summed E-state index contributed by atoms with van der Waals surface area (Å²) in [6.07, 6.45) is 5.39. The van der Waals surface area contributed by atoms with E-state index in [1.165, 1.54) is 16.9 Å². The minimum atomic E-state index is -3.72. The van der Waals surface area contributed by atoms with Crippen molar-refractivity contribution in [2.24, 2.45) is 7.05 Å². The molecule has 0 unspecified atom stereocenters. The van der Waals surface area contributed by atoms with Crippen LogP contribution in [0.3, 0.4) is 0 Å².